The number of rotatable bonds is 5. The van der Waals surface area contributed by atoms with Crippen LogP contribution in [0.4, 0.5) is 0 Å². The van der Waals surface area contributed by atoms with Crippen molar-refractivity contribution in [1.29, 1.82) is 0 Å². The molecule has 0 radical (unpaired) electrons. The Balaban J connectivity index is 2.02. The number of aromatic nitrogens is 1. The molecule has 2 heterocycles. The second-order valence-electron chi connectivity index (χ2n) is 5.25. The minimum Gasteiger partial charge on any atom is -0.326 e. The van der Waals surface area contributed by atoms with E-state index in [-0.39, 0.29) is 16.0 Å². The highest BCUT2D eigenvalue weighted by atomic mass is 35.5. The monoisotopic (exact) mass is 333 g/mol. The SMILES string of the molecule is CCCN1CCC(NS(=O)(=O)c2c[nH]c(=O)c(Cl)c2)CC1. The number of pyridine rings is 1. The van der Waals surface area contributed by atoms with Crippen LogP contribution in [0.2, 0.25) is 5.02 Å². The molecule has 1 aromatic rings. The molecule has 8 heteroatoms. The van der Waals surface area contributed by atoms with Gasteiger partial charge in [0.15, 0.2) is 0 Å². The zero-order valence-electron chi connectivity index (χ0n) is 11.9. The highest BCUT2D eigenvalue weighted by molar-refractivity contribution is 7.89. The Bertz CT molecular complexity index is 636. The van der Waals surface area contributed by atoms with E-state index in [2.05, 4.69) is 21.5 Å². The summed E-state index contributed by atoms with van der Waals surface area (Å²) in [6.45, 7) is 4.98. The van der Waals surface area contributed by atoms with Gasteiger partial charge < -0.3 is 9.88 Å². The fourth-order valence-corrected chi connectivity index (χ4v) is 4.01. The van der Waals surface area contributed by atoms with Crippen LogP contribution in [-0.4, -0.2) is 44.0 Å². The van der Waals surface area contributed by atoms with E-state index in [0.29, 0.717) is 0 Å². The summed E-state index contributed by atoms with van der Waals surface area (Å²) >= 11 is 5.67. The van der Waals surface area contributed by atoms with Gasteiger partial charge in [-0.2, -0.15) is 0 Å². The van der Waals surface area contributed by atoms with E-state index < -0.39 is 15.6 Å². The van der Waals surface area contributed by atoms with Crippen molar-refractivity contribution >= 4 is 21.6 Å². The third-order valence-electron chi connectivity index (χ3n) is 3.59. The Morgan fingerprint density at radius 3 is 2.67 bits per heavy atom. The highest BCUT2D eigenvalue weighted by Gasteiger charge is 2.24. The van der Waals surface area contributed by atoms with E-state index in [1.54, 1.807) is 0 Å². The van der Waals surface area contributed by atoms with Crippen molar-refractivity contribution < 1.29 is 8.42 Å². The number of likely N-dealkylation sites (tertiary alicyclic amines) is 1. The highest BCUT2D eigenvalue weighted by Crippen LogP contribution is 2.15. The van der Waals surface area contributed by atoms with Crippen LogP contribution in [-0.2, 0) is 10.0 Å². The van der Waals surface area contributed by atoms with Crippen molar-refractivity contribution in [2.45, 2.75) is 37.1 Å². The number of hydrogen-bond donors (Lipinski definition) is 2. The molecular weight excluding hydrogens is 314 g/mol. The maximum absolute atomic E-state index is 12.3. The molecule has 0 aromatic carbocycles. The molecule has 0 bridgehead atoms. The second kappa shape index (κ2) is 6.91. The average Bonchev–Trinajstić information content (AvgIpc) is 2.44. The minimum absolute atomic E-state index is 0.0110. The van der Waals surface area contributed by atoms with Crippen molar-refractivity contribution in [1.82, 2.24) is 14.6 Å². The summed E-state index contributed by atoms with van der Waals surface area (Å²) in [5, 5.41) is -0.129. The number of aromatic amines is 1. The summed E-state index contributed by atoms with van der Waals surface area (Å²) in [5.41, 5.74) is -0.497. The zero-order chi connectivity index (χ0) is 15.5. The van der Waals surface area contributed by atoms with Crippen molar-refractivity contribution in [3.63, 3.8) is 0 Å². The third-order valence-corrected chi connectivity index (χ3v) is 5.37. The predicted molar refractivity (Wildman–Crippen MR) is 82.1 cm³/mol. The van der Waals surface area contributed by atoms with Gasteiger partial charge in [-0.3, -0.25) is 4.79 Å². The molecule has 1 saturated heterocycles. The van der Waals surface area contributed by atoms with Gasteiger partial charge in [0.1, 0.15) is 5.02 Å². The van der Waals surface area contributed by atoms with Crippen LogP contribution in [0.15, 0.2) is 22.0 Å². The van der Waals surface area contributed by atoms with Crippen LogP contribution in [0.25, 0.3) is 0 Å². The van der Waals surface area contributed by atoms with Crippen LogP contribution < -0.4 is 10.3 Å². The summed E-state index contributed by atoms with van der Waals surface area (Å²) in [6.07, 6.45) is 3.85. The lowest BCUT2D eigenvalue weighted by atomic mass is 10.1. The fraction of sp³-hybridized carbons (Fsp3) is 0.615. The quantitative estimate of drug-likeness (QED) is 0.847. The molecule has 21 heavy (non-hydrogen) atoms. The van der Waals surface area contributed by atoms with Crippen molar-refractivity contribution in [2.75, 3.05) is 19.6 Å². The summed E-state index contributed by atoms with van der Waals surface area (Å²) < 4.78 is 27.2. The second-order valence-corrected chi connectivity index (χ2v) is 7.37. The van der Waals surface area contributed by atoms with E-state index in [0.717, 1.165) is 38.9 Å². The molecule has 6 nitrogen and oxygen atoms in total. The lowest BCUT2D eigenvalue weighted by Crippen LogP contribution is -2.44. The molecule has 118 valence electrons. The molecule has 1 fully saturated rings. The van der Waals surface area contributed by atoms with Crippen LogP contribution >= 0.6 is 11.6 Å². The maximum atomic E-state index is 12.3. The number of hydrogen-bond acceptors (Lipinski definition) is 4. The normalized spacial score (nSPS) is 18.0. The van der Waals surface area contributed by atoms with Crippen LogP contribution in [0.3, 0.4) is 0 Å². The number of piperidine rings is 1. The smallest absolute Gasteiger partial charge is 0.266 e. The fourth-order valence-electron chi connectivity index (χ4n) is 2.47. The Morgan fingerprint density at radius 2 is 2.10 bits per heavy atom. The van der Waals surface area contributed by atoms with Crippen molar-refractivity contribution in [2.24, 2.45) is 0 Å². The van der Waals surface area contributed by atoms with Crippen molar-refractivity contribution in [3.8, 4) is 0 Å². The Labute approximate surface area is 129 Å². The average molecular weight is 334 g/mol. The van der Waals surface area contributed by atoms with E-state index in [4.69, 9.17) is 11.6 Å². The molecule has 2 rings (SSSR count). The van der Waals surface area contributed by atoms with E-state index in [1.807, 2.05) is 0 Å². The van der Waals surface area contributed by atoms with Gasteiger partial charge in [-0.1, -0.05) is 18.5 Å². The lowest BCUT2D eigenvalue weighted by molar-refractivity contribution is 0.208. The minimum atomic E-state index is -3.65. The van der Waals surface area contributed by atoms with Gasteiger partial charge in [0.05, 0.1) is 4.90 Å². The van der Waals surface area contributed by atoms with Gasteiger partial charge in [0.2, 0.25) is 10.0 Å². The first kappa shape index (κ1) is 16.5. The summed E-state index contributed by atoms with van der Waals surface area (Å²) in [5.74, 6) is 0. The number of nitrogens with zero attached hydrogens (tertiary/aromatic N) is 1. The zero-order valence-corrected chi connectivity index (χ0v) is 13.5. The van der Waals surface area contributed by atoms with Gasteiger partial charge in [-0.25, -0.2) is 13.1 Å². The largest absolute Gasteiger partial charge is 0.326 e. The molecule has 2 N–H and O–H groups in total. The molecular formula is C13H20ClN3O3S. The summed E-state index contributed by atoms with van der Waals surface area (Å²) in [6, 6.07) is 1.10. The number of nitrogens with one attached hydrogen (secondary N) is 2. The molecule has 0 spiro atoms. The molecule has 0 saturated carbocycles. The first-order chi connectivity index (χ1) is 9.92. The number of halogens is 1. The first-order valence-corrected chi connectivity index (χ1v) is 8.91. The summed E-state index contributed by atoms with van der Waals surface area (Å²) in [4.78, 5) is 15.8. The van der Waals surface area contributed by atoms with Gasteiger partial charge >= 0.3 is 0 Å². The molecule has 1 aliphatic heterocycles. The Hall–Kier alpha value is -0.890. The van der Waals surface area contributed by atoms with Gasteiger partial charge in [-0.05, 0) is 45.0 Å². The van der Waals surface area contributed by atoms with Crippen molar-refractivity contribution in [3.05, 3.63) is 27.6 Å². The van der Waals surface area contributed by atoms with Crippen LogP contribution in [0.5, 0.6) is 0 Å². The first-order valence-electron chi connectivity index (χ1n) is 7.05. The predicted octanol–water partition coefficient (Wildman–Crippen LogP) is 1.18. The maximum Gasteiger partial charge on any atom is 0.266 e. The van der Waals surface area contributed by atoms with E-state index in [1.165, 1.54) is 12.3 Å². The number of H-pyrrole nitrogens is 1. The summed E-state index contributed by atoms with van der Waals surface area (Å²) in [7, 11) is -3.65. The number of sulfonamides is 1. The molecule has 0 unspecified atom stereocenters. The standard InChI is InChI=1S/C13H20ClN3O3S/c1-2-5-17-6-3-10(4-7-17)16-21(19,20)11-8-12(14)13(18)15-9-11/h8-10,16H,2-7H2,1H3,(H,15,18). The van der Waals surface area contributed by atoms with Gasteiger partial charge in [0, 0.05) is 12.2 Å². The van der Waals surface area contributed by atoms with E-state index in [9.17, 15) is 13.2 Å². The van der Waals surface area contributed by atoms with Crippen LogP contribution in [0.1, 0.15) is 26.2 Å². The van der Waals surface area contributed by atoms with Gasteiger partial charge in [0.25, 0.3) is 5.56 Å². The third kappa shape index (κ3) is 4.29. The molecule has 1 aromatic heterocycles. The Morgan fingerprint density at radius 1 is 1.43 bits per heavy atom. The lowest BCUT2D eigenvalue weighted by Gasteiger charge is -2.31. The molecule has 1 aliphatic rings. The topological polar surface area (TPSA) is 82.3 Å². The molecule has 0 aliphatic carbocycles. The molecule has 0 atom stereocenters. The van der Waals surface area contributed by atoms with E-state index >= 15 is 0 Å². The van der Waals surface area contributed by atoms with Gasteiger partial charge in [-0.15, -0.1) is 0 Å². The molecule has 0 amide bonds. The van der Waals surface area contributed by atoms with Crippen LogP contribution in [0, 0.1) is 0 Å². The Kier molecular flexibility index (Phi) is 5.43.